The van der Waals surface area contributed by atoms with Gasteiger partial charge in [-0.05, 0) is 36.4 Å². The van der Waals surface area contributed by atoms with Crippen LogP contribution in [0.4, 0.5) is 38.9 Å². The highest BCUT2D eigenvalue weighted by atomic mass is 19.1. The molecule has 1 aromatic heterocycles. The molecule has 0 saturated heterocycles. The van der Waals surface area contributed by atoms with Crippen molar-refractivity contribution in [2.24, 2.45) is 0 Å². The van der Waals surface area contributed by atoms with Gasteiger partial charge >= 0.3 is 0 Å². The third-order valence-electron chi connectivity index (χ3n) is 3.45. The molecule has 7 nitrogen and oxygen atoms in total. The molecule has 0 unspecified atom stereocenters. The maximum Gasteiger partial charge on any atom is 0.229 e. The molecule has 0 spiro atoms. The predicted octanol–water partition coefficient (Wildman–Crippen LogP) is 3.09. The first-order valence-electron chi connectivity index (χ1n) is 8.01. The molecule has 3 aromatic rings. The van der Waals surface area contributed by atoms with Gasteiger partial charge in [-0.3, -0.25) is 0 Å². The van der Waals surface area contributed by atoms with Gasteiger partial charge in [0.05, 0.1) is 12.8 Å². The summed E-state index contributed by atoms with van der Waals surface area (Å²) in [5.41, 5.74) is 8.50. The molecule has 0 saturated carbocycles. The Balaban J connectivity index is 1.77. The molecule has 1 heterocycles. The SMILES string of the molecule is Nc1cccc(Nc2ncc(F)c(Nc3cccc(NCCO)c3)n2)c1. The third-order valence-corrected chi connectivity index (χ3v) is 3.45. The summed E-state index contributed by atoms with van der Waals surface area (Å²) < 4.78 is 14.1. The summed E-state index contributed by atoms with van der Waals surface area (Å²) in [7, 11) is 0. The number of nitrogens with one attached hydrogen (secondary N) is 3. The standard InChI is InChI=1S/C18H19FN6O/c19-16-11-22-18(24-14-5-1-3-12(20)9-14)25-17(16)23-15-6-2-4-13(10-15)21-7-8-26/h1-6,9-11,21,26H,7-8,20H2,(H2,22,23,24,25). The average Bonchev–Trinajstić information content (AvgIpc) is 2.63. The summed E-state index contributed by atoms with van der Waals surface area (Å²) in [6, 6.07) is 14.4. The summed E-state index contributed by atoms with van der Waals surface area (Å²) in [5, 5.41) is 17.8. The Morgan fingerprint density at radius 1 is 1.00 bits per heavy atom. The molecule has 2 aromatic carbocycles. The molecule has 26 heavy (non-hydrogen) atoms. The zero-order valence-electron chi connectivity index (χ0n) is 13.9. The first-order chi connectivity index (χ1) is 12.6. The fourth-order valence-corrected chi connectivity index (χ4v) is 2.30. The van der Waals surface area contributed by atoms with Crippen molar-refractivity contribution in [2.75, 3.05) is 34.8 Å². The number of benzene rings is 2. The Bertz CT molecular complexity index is 889. The van der Waals surface area contributed by atoms with Crippen molar-refractivity contribution >= 4 is 34.5 Å². The second-order valence-electron chi connectivity index (χ2n) is 5.50. The van der Waals surface area contributed by atoms with Crippen LogP contribution in [-0.4, -0.2) is 28.2 Å². The Morgan fingerprint density at radius 3 is 2.50 bits per heavy atom. The molecule has 0 amide bonds. The van der Waals surface area contributed by atoms with Crippen molar-refractivity contribution in [3.05, 3.63) is 60.5 Å². The highest BCUT2D eigenvalue weighted by Crippen LogP contribution is 2.23. The van der Waals surface area contributed by atoms with Gasteiger partial charge in [0.2, 0.25) is 5.95 Å². The number of aliphatic hydroxyl groups is 1. The van der Waals surface area contributed by atoms with E-state index in [-0.39, 0.29) is 18.4 Å². The minimum Gasteiger partial charge on any atom is -0.399 e. The van der Waals surface area contributed by atoms with Gasteiger partial charge in [-0.15, -0.1) is 0 Å². The lowest BCUT2D eigenvalue weighted by Crippen LogP contribution is -2.06. The van der Waals surface area contributed by atoms with Crippen LogP contribution < -0.4 is 21.7 Å². The third kappa shape index (κ3) is 4.58. The zero-order valence-corrected chi connectivity index (χ0v) is 13.9. The number of hydrogen-bond acceptors (Lipinski definition) is 7. The van der Waals surface area contributed by atoms with Gasteiger partial charge in [0, 0.05) is 29.3 Å². The van der Waals surface area contributed by atoms with Gasteiger partial charge in [-0.25, -0.2) is 9.37 Å². The lowest BCUT2D eigenvalue weighted by molar-refractivity contribution is 0.311. The second kappa shape index (κ2) is 8.13. The number of rotatable bonds is 7. The molecular formula is C18H19FN6O. The van der Waals surface area contributed by atoms with Crippen LogP contribution in [0.3, 0.4) is 0 Å². The first kappa shape index (κ1) is 17.4. The summed E-state index contributed by atoms with van der Waals surface area (Å²) in [5.74, 6) is -0.281. The number of anilines is 6. The number of aromatic nitrogens is 2. The van der Waals surface area contributed by atoms with Crippen LogP contribution in [0.1, 0.15) is 0 Å². The summed E-state index contributed by atoms with van der Waals surface area (Å²) in [6.07, 6.45) is 1.10. The fraction of sp³-hybridized carbons (Fsp3) is 0.111. The summed E-state index contributed by atoms with van der Waals surface area (Å²) in [6.45, 7) is 0.455. The van der Waals surface area contributed by atoms with Crippen LogP contribution in [0.15, 0.2) is 54.7 Å². The zero-order chi connectivity index (χ0) is 18.4. The van der Waals surface area contributed by atoms with Crippen molar-refractivity contribution in [2.45, 2.75) is 0 Å². The van der Waals surface area contributed by atoms with E-state index in [0.29, 0.717) is 23.6 Å². The quantitative estimate of drug-likeness (QED) is 0.415. The molecule has 0 radical (unpaired) electrons. The number of hydrogen-bond donors (Lipinski definition) is 5. The predicted molar refractivity (Wildman–Crippen MR) is 101 cm³/mol. The van der Waals surface area contributed by atoms with Gasteiger partial charge in [0.15, 0.2) is 11.6 Å². The Labute approximate surface area is 150 Å². The van der Waals surface area contributed by atoms with E-state index in [1.54, 1.807) is 30.3 Å². The van der Waals surface area contributed by atoms with Crippen LogP contribution in [0.25, 0.3) is 0 Å². The second-order valence-corrected chi connectivity index (χ2v) is 5.50. The maximum atomic E-state index is 14.1. The number of nitrogens with two attached hydrogens (primary N) is 1. The maximum absolute atomic E-state index is 14.1. The molecule has 134 valence electrons. The minimum atomic E-state index is -0.572. The van der Waals surface area contributed by atoms with Crippen molar-refractivity contribution in [1.82, 2.24) is 9.97 Å². The number of aliphatic hydroxyl groups excluding tert-OH is 1. The Morgan fingerprint density at radius 2 is 1.73 bits per heavy atom. The van der Waals surface area contributed by atoms with Crippen molar-refractivity contribution in [3.63, 3.8) is 0 Å². The number of nitrogen functional groups attached to an aromatic ring is 1. The number of nitrogens with zero attached hydrogens (tertiary/aromatic N) is 2. The highest BCUT2D eigenvalue weighted by molar-refractivity contribution is 5.65. The molecule has 0 fully saturated rings. The highest BCUT2D eigenvalue weighted by Gasteiger charge is 2.08. The Kier molecular flexibility index (Phi) is 5.45. The molecule has 0 aliphatic heterocycles. The summed E-state index contributed by atoms with van der Waals surface area (Å²) in [4.78, 5) is 8.12. The topological polar surface area (TPSA) is 108 Å². The van der Waals surface area contributed by atoms with Gasteiger partial charge < -0.3 is 26.8 Å². The van der Waals surface area contributed by atoms with E-state index in [9.17, 15) is 4.39 Å². The van der Waals surface area contributed by atoms with Gasteiger partial charge in [-0.2, -0.15) is 4.98 Å². The van der Waals surface area contributed by atoms with E-state index >= 15 is 0 Å². The largest absolute Gasteiger partial charge is 0.399 e. The fourth-order valence-electron chi connectivity index (χ4n) is 2.30. The van der Waals surface area contributed by atoms with Crippen molar-refractivity contribution in [3.8, 4) is 0 Å². The van der Waals surface area contributed by atoms with Gasteiger partial charge in [0.25, 0.3) is 0 Å². The molecule has 3 rings (SSSR count). The van der Waals surface area contributed by atoms with Crippen molar-refractivity contribution in [1.29, 1.82) is 0 Å². The van der Waals surface area contributed by atoms with Crippen LogP contribution in [-0.2, 0) is 0 Å². The minimum absolute atomic E-state index is 0.0250. The van der Waals surface area contributed by atoms with E-state index in [2.05, 4.69) is 25.9 Å². The first-order valence-corrected chi connectivity index (χ1v) is 8.01. The molecule has 0 bridgehead atoms. The van der Waals surface area contributed by atoms with E-state index < -0.39 is 5.82 Å². The van der Waals surface area contributed by atoms with Gasteiger partial charge in [0.1, 0.15) is 0 Å². The number of halogens is 1. The van der Waals surface area contributed by atoms with Crippen LogP contribution in [0, 0.1) is 5.82 Å². The lowest BCUT2D eigenvalue weighted by atomic mass is 10.2. The average molecular weight is 354 g/mol. The van der Waals surface area contributed by atoms with Crippen LogP contribution >= 0.6 is 0 Å². The Hall–Kier alpha value is -3.39. The van der Waals surface area contributed by atoms with E-state index in [4.69, 9.17) is 10.8 Å². The molecule has 0 aliphatic carbocycles. The summed E-state index contributed by atoms with van der Waals surface area (Å²) >= 11 is 0. The van der Waals surface area contributed by atoms with E-state index in [1.165, 1.54) is 0 Å². The van der Waals surface area contributed by atoms with E-state index in [0.717, 1.165) is 11.9 Å². The lowest BCUT2D eigenvalue weighted by Gasteiger charge is -2.11. The monoisotopic (exact) mass is 354 g/mol. The molecule has 0 aliphatic rings. The molecule has 6 N–H and O–H groups in total. The van der Waals surface area contributed by atoms with E-state index in [1.807, 2.05) is 18.2 Å². The molecule has 0 atom stereocenters. The normalized spacial score (nSPS) is 10.4. The molecular weight excluding hydrogens is 335 g/mol. The van der Waals surface area contributed by atoms with Crippen molar-refractivity contribution < 1.29 is 9.50 Å². The van der Waals surface area contributed by atoms with Crippen LogP contribution in [0.2, 0.25) is 0 Å². The molecule has 8 heteroatoms. The van der Waals surface area contributed by atoms with Crippen LogP contribution in [0.5, 0.6) is 0 Å². The smallest absolute Gasteiger partial charge is 0.229 e. The van der Waals surface area contributed by atoms with Gasteiger partial charge in [-0.1, -0.05) is 12.1 Å².